The van der Waals surface area contributed by atoms with Crippen molar-refractivity contribution < 1.29 is 30.0 Å². The minimum Gasteiger partial charge on any atom is -0.393 e. The second kappa shape index (κ2) is 5.83. The Morgan fingerprint density at radius 1 is 1.30 bits per heavy atom. The van der Waals surface area contributed by atoms with Crippen molar-refractivity contribution in [1.82, 2.24) is 0 Å². The molecule has 0 radical (unpaired) electrons. The molecule has 3 fully saturated rings. The van der Waals surface area contributed by atoms with Gasteiger partial charge in [-0.05, 0) is 55.2 Å². The molecule has 0 heterocycles. The van der Waals surface area contributed by atoms with Crippen LogP contribution in [0.15, 0.2) is 23.8 Å². The van der Waals surface area contributed by atoms with Gasteiger partial charge < -0.3 is 20.4 Å². The van der Waals surface area contributed by atoms with E-state index in [0.717, 1.165) is 0 Å². The molecule has 8 atom stereocenters. The normalized spacial score (nSPS) is 51.3. The molecule has 4 aliphatic carbocycles. The molecule has 0 saturated heterocycles. The fourth-order valence-electron chi connectivity index (χ4n) is 6.97. The minimum absolute atomic E-state index is 0.0505. The van der Waals surface area contributed by atoms with Crippen LogP contribution in [0.25, 0.3) is 0 Å². The van der Waals surface area contributed by atoms with Crippen molar-refractivity contribution in [2.24, 2.45) is 28.6 Å². The highest BCUT2D eigenvalue weighted by molar-refractivity contribution is 6.01. The summed E-state index contributed by atoms with van der Waals surface area (Å²) in [5.74, 6) is -1.08. The predicted octanol–water partition coefficient (Wildman–Crippen LogP) is 0.528. The number of ketones is 2. The van der Waals surface area contributed by atoms with Gasteiger partial charge in [0.15, 0.2) is 11.6 Å². The third-order valence-corrected chi connectivity index (χ3v) is 8.27. The maximum atomic E-state index is 12.4. The SMILES string of the molecule is C[C@]12C=CC(=O)C=C1[C@H](O)C[C@@H]1[C@@H]2C(O)C[C@@]2(C)[C@H]1CC[C@]2(O)C(=O)CO. The molecule has 4 rings (SSSR count). The van der Waals surface area contributed by atoms with Crippen LogP contribution in [0.5, 0.6) is 0 Å². The number of fused-ring (bicyclic) bond motifs is 5. The molecule has 148 valence electrons. The van der Waals surface area contributed by atoms with E-state index in [2.05, 4.69) is 0 Å². The second-order valence-electron chi connectivity index (χ2n) is 9.33. The highest BCUT2D eigenvalue weighted by Crippen LogP contribution is 2.67. The lowest BCUT2D eigenvalue weighted by atomic mass is 9.45. The van der Waals surface area contributed by atoms with Crippen molar-refractivity contribution in [2.75, 3.05) is 6.61 Å². The molecule has 27 heavy (non-hydrogen) atoms. The van der Waals surface area contributed by atoms with E-state index in [1.807, 2.05) is 13.8 Å². The largest absolute Gasteiger partial charge is 0.393 e. The number of hydrogen-bond acceptors (Lipinski definition) is 6. The molecule has 1 unspecified atom stereocenters. The summed E-state index contributed by atoms with van der Waals surface area (Å²) in [7, 11) is 0. The molecule has 0 aromatic rings. The third-order valence-electron chi connectivity index (χ3n) is 8.27. The van der Waals surface area contributed by atoms with E-state index in [4.69, 9.17) is 0 Å². The van der Waals surface area contributed by atoms with Crippen LogP contribution in [-0.2, 0) is 9.59 Å². The Balaban J connectivity index is 1.78. The lowest BCUT2D eigenvalue weighted by molar-refractivity contribution is -0.182. The van der Waals surface area contributed by atoms with E-state index in [1.54, 1.807) is 6.08 Å². The average Bonchev–Trinajstić information content (AvgIpc) is 2.87. The first-order valence-corrected chi connectivity index (χ1v) is 9.76. The maximum absolute atomic E-state index is 12.4. The van der Waals surface area contributed by atoms with E-state index in [1.165, 1.54) is 12.2 Å². The first-order chi connectivity index (χ1) is 12.6. The van der Waals surface area contributed by atoms with Gasteiger partial charge in [-0.2, -0.15) is 0 Å². The minimum atomic E-state index is -1.65. The second-order valence-corrected chi connectivity index (χ2v) is 9.33. The summed E-state index contributed by atoms with van der Waals surface area (Å²) in [6.45, 7) is 3.06. The molecule has 0 bridgehead atoms. The number of aliphatic hydroxyl groups is 4. The van der Waals surface area contributed by atoms with Crippen LogP contribution in [0.4, 0.5) is 0 Å². The summed E-state index contributed by atoms with van der Waals surface area (Å²) >= 11 is 0. The Labute approximate surface area is 158 Å². The summed E-state index contributed by atoms with van der Waals surface area (Å²) < 4.78 is 0. The summed E-state index contributed by atoms with van der Waals surface area (Å²) in [5, 5.41) is 42.5. The van der Waals surface area contributed by atoms with Crippen LogP contribution in [0.3, 0.4) is 0 Å². The summed E-state index contributed by atoms with van der Waals surface area (Å²) in [6, 6.07) is 0. The van der Waals surface area contributed by atoms with Gasteiger partial charge in [-0.25, -0.2) is 0 Å². The Morgan fingerprint density at radius 3 is 2.67 bits per heavy atom. The molecule has 4 N–H and O–H groups in total. The highest BCUT2D eigenvalue weighted by atomic mass is 16.3. The molecule has 4 aliphatic rings. The quantitative estimate of drug-likeness (QED) is 0.559. The monoisotopic (exact) mass is 376 g/mol. The molecule has 0 spiro atoms. The van der Waals surface area contributed by atoms with Gasteiger partial charge in [0.2, 0.25) is 0 Å². The molecule has 6 heteroatoms. The fourth-order valence-corrected chi connectivity index (χ4v) is 6.97. The third kappa shape index (κ3) is 2.27. The van der Waals surface area contributed by atoms with E-state index in [9.17, 15) is 30.0 Å². The molecular formula is C21H28O6. The van der Waals surface area contributed by atoms with Gasteiger partial charge >= 0.3 is 0 Å². The lowest BCUT2D eigenvalue weighted by Gasteiger charge is -2.60. The fraction of sp³-hybridized carbons (Fsp3) is 0.714. The van der Waals surface area contributed by atoms with Gasteiger partial charge in [0.25, 0.3) is 0 Å². The molecule has 0 aromatic heterocycles. The molecule has 6 nitrogen and oxygen atoms in total. The number of carbonyl (C=O) groups is 2. The van der Waals surface area contributed by atoms with Crippen molar-refractivity contribution in [1.29, 1.82) is 0 Å². The zero-order valence-corrected chi connectivity index (χ0v) is 15.8. The molecule has 0 amide bonds. The summed E-state index contributed by atoms with van der Waals surface area (Å²) in [6.07, 6.45) is 4.73. The molecule has 0 aliphatic heterocycles. The van der Waals surface area contributed by atoms with Gasteiger partial charge in [0, 0.05) is 16.7 Å². The number of allylic oxidation sites excluding steroid dienone is 3. The van der Waals surface area contributed by atoms with Gasteiger partial charge in [0.1, 0.15) is 12.2 Å². The molecule has 0 aromatic carbocycles. The van der Waals surface area contributed by atoms with Gasteiger partial charge in [-0.1, -0.05) is 19.9 Å². The van der Waals surface area contributed by atoms with Gasteiger partial charge in [0.05, 0.1) is 12.2 Å². The van der Waals surface area contributed by atoms with Crippen LogP contribution < -0.4 is 0 Å². The van der Waals surface area contributed by atoms with E-state index < -0.39 is 41.0 Å². The van der Waals surface area contributed by atoms with Crippen molar-refractivity contribution in [3.63, 3.8) is 0 Å². The van der Waals surface area contributed by atoms with Crippen molar-refractivity contribution >= 4 is 11.6 Å². The number of carbonyl (C=O) groups excluding carboxylic acids is 2. The number of rotatable bonds is 2. The van der Waals surface area contributed by atoms with Gasteiger partial charge in [-0.3, -0.25) is 9.59 Å². The van der Waals surface area contributed by atoms with Gasteiger partial charge in [-0.15, -0.1) is 0 Å². The molecular weight excluding hydrogens is 348 g/mol. The lowest BCUT2D eigenvalue weighted by Crippen LogP contribution is -2.63. The average molecular weight is 376 g/mol. The van der Waals surface area contributed by atoms with Crippen LogP contribution in [0, 0.1) is 28.6 Å². The molecule has 3 saturated carbocycles. The standard InChI is InChI=1S/C21H28O6/c1-19-5-3-11(23)7-14(19)15(24)8-12-13-4-6-21(27,17(26)10-22)20(13,2)9-16(25)18(12)19/h3,5,7,12-13,15-16,18,22,24-25,27H,4,6,8-10H2,1-2H3/t12-,13-,15+,16?,18+,19-,20-,21-/m0/s1. The topological polar surface area (TPSA) is 115 Å². The van der Waals surface area contributed by atoms with Crippen molar-refractivity contribution in [3.05, 3.63) is 23.8 Å². The summed E-state index contributed by atoms with van der Waals surface area (Å²) in [5.41, 5.74) is -2.48. The Kier molecular flexibility index (Phi) is 4.10. The zero-order valence-electron chi connectivity index (χ0n) is 15.8. The number of aliphatic hydroxyl groups excluding tert-OH is 3. The van der Waals surface area contributed by atoms with Crippen LogP contribution >= 0.6 is 0 Å². The highest BCUT2D eigenvalue weighted by Gasteiger charge is 2.68. The van der Waals surface area contributed by atoms with Crippen LogP contribution in [0.2, 0.25) is 0 Å². The van der Waals surface area contributed by atoms with Crippen LogP contribution in [0.1, 0.15) is 39.5 Å². The maximum Gasteiger partial charge on any atom is 0.190 e. The number of hydrogen-bond donors (Lipinski definition) is 4. The van der Waals surface area contributed by atoms with Crippen molar-refractivity contribution in [3.8, 4) is 0 Å². The summed E-state index contributed by atoms with van der Waals surface area (Å²) in [4.78, 5) is 24.2. The Bertz CT molecular complexity index is 756. The zero-order chi connectivity index (χ0) is 19.8. The van der Waals surface area contributed by atoms with Crippen molar-refractivity contribution in [2.45, 2.75) is 57.3 Å². The van der Waals surface area contributed by atoms with E-state index in [0.29, 0.717) is 18.4 Å². The first kappa shape index (κ1) is 19.0. The Morgan fingerprint density at radius 2 is 2.00 bits per heavy atom. The predicted molar refractivity (Wildman–Crippen MR) is 96.4 cm³/mol. The van der Waals surface area contributed by atoms with E-state index >= 15 is 0 Å². The smallest absolute Gasteiger partial charge is 0.190 e. The number of Topliss-reactive ketones (excluding diaryl/α,β-unsaturated/α-hetero) is 1. The first-order valence-electron chi connectivity index (χ1n) is 9.76. The van der Waals surface area contributed by atoms with Crippen LogP contribution in [-0.4, -0.2) is 56.4 Å². The Hall–Kier alpha value is -1.34. The van der Waals surface area contributed by atoms with E-state index in [-0.39, 0.29) is 36.4 Å².